The molecule has 1 saturated carbocycles. The Hall–Kier alpha value is -1.08. The molecule has 18 heavy (non-hydrogen) atoms. The Balaban J connectivity index is 2.29. The van der Waals surface area contributed by atoms with Crippen molar-refractivity contribution in [2.24, 2.45) is 5.41 Å². The van der Waals surface area contributed by atoms with Crippen molar-refractivity contribution in [2.45, 2.75) is 51.0 Å². The van der Waals surface area contributed by atoms with E-state index in [9.17, 15) is 8.42 Å². The second kappa shape index (κ2) is 4.24. The van der Waals surface area contributed by atoms with Crippen LogP contribution in [0.4, 0.5) is 5.82 Å². The van der Waals surface area contributed by atoms with E-state index in [0.29, 0.717) is 0 Å². The average molecular weight is 273 g/mol. The number of nitrogen functional groups attached to an aromatic ring is 1. The molecule has 1 aliphatic rings. The number of nitrogens with zero attached hydrogens (tertiary/aromatic N) is 1. The van der Waals surface area contributed by atoms with Gasteiger partial charge in [0.2, 0.25) is 10.0 Å². The van der Waals surface area contributed by atoms with E-state index in [0.717, 1.165) is 19.3 Å². The van der Waals surface area contributed by atoms with Crippen LogP contribution in [-0.4, -0.2) is 19.6 Å². The number of aryl methyl sites for hydroxylation is 1. The quantitative estimate of drug-likeness (QED) is 0.868. The first-order valence-electron chi connectivity index (χ1n) is 5.98. The van der Waals surface area contributed by atoms with E-state index in [-0.39, 0.29) is 27.9 Å². The zero-order valence-corrected chi connectivity index (χ0v) is 11.7. The molecule has 0 aliphatic heterocycles. The molecular formula is C11H19N3O3S. The zero-order valence-electron chi connectivity index (χ0n) is 10.9. The van der Waals surface area contributed by atoms with Crippen LogP contribution in [0.1, 0.15) is 38.9 Å². The van der Waals surface area contributed by atoms with E-state index in [1.54, 1.807) is 0 Å². The lowest BCUT2D eigenvalue weighted by Crippen LogP contribution is -2.41. The summed E-state index contributed by atoms with van der Waals surface area (Å²) in [5.74, 6) is 0.131. The molecule has 6 nitrogen and oxygen atoms in total. The summed E-state index contributed by atoms with van der Waals surface area (Å²) >= 11 is 0. The molecule has 1 atom stereocenters. The first-order valence-corrected chi connectivity index (χ1v) is 7.46. The van der Waals surface area contributed by atoms with E-state index in [1.165, 1.54) is 6.92 Å². The van der Waals surface area contributed by atoms with Gasteiger partial charge in [0.15, 0.2) is 16.5 Å². The van der Waals surface area contributed by atoms with Crippen LogP contribution in [0.3, 0.4) is 0 Å². The molecule has 0 amide bonds. The molecule has 1 fully saturated rings. The van der Waals surface area contributed by atoms with Gasteiger partial charge in [-0.25, -0.2) is 13.1 Å². The molecule has 0 saturated heterocycles. The molecule has 7 heteroatoms. The highest BCUT2D eigenvalue weighted by Gasteiger charge is 2.38. The molecule has 1 heterocycles. The standard InChI is InChI=1S/C11H19N3O3S/c1-7-9(10(12)13-17-7)18(15,16)14-8-5-4-6-11(8,2)3/h8,14H,4-6H2,1-3H3,(H2,12,13). The maximum Gasteiger partial charge on any atom is 0.248 e. The first-order chi connectivity index (χ1) is 8.24. The van der Waals surface area contributed by atoms with Crippen molar-refractivity contribution in [3.63, 3.8) is 0 Å². The topological polar surface area (TPSA) is 98.2 Å². The van der Waals surface area contributed by atoms with Gasteiger partial charge in [-0.3, -0.25) is 0 Å². The normalized spacial score (nSPS) is 23.4. The minimum Gasteiger partial charge on any atom is -0.380 e. The summed E-state index contributed by atoms with van der Waals surface area (Å²) in [5, 5.41) is 3.48. The Morgan fingerprint density at radius 2 is 2.17 bits per heavy atom. The van der Waals surface area contributed by atoms with E-state index < -0.39 is 10.0 Å². The first kappa shape index (κ1) is 13.4. The van der Waals surface area contributed by atoms with Crippen LogP contribution >= 0.6 is 0 Å². The fraction of sp³-hybridized carbons (Fsp3) is 0.727. The van der Waals surface area contributed by atoms with Gasteiger partial charge in [-0.05, 0) is 25.2 Å². The third-order valence-electron chi connectivity index (χ3n) is 3.66. The van der Waals surface area contributed by atoms with Crippen LogP contribution in [0.5, 0.6) is 0 Å². The summed E-state index contributed by atoms with van der Waals surface area (Å²) in [6.45, 7) is 5.67. The van der Waals surface area contributed by atoms with Gasteiger partial charge in [0, 0.05) is 6.04 Å². The number of sulfonamides is 1. The molecule has 0 spiro atoms. The van der Waals surface area contributed by atoms with Crippen molar-refractivity contribution in [1.29, 1.82) is 0 Å². The lowest BCUT2D eigenvalue weighted by atomic mass is 9.88. The number of hydrogen-bond acceptors (Lipinski definition) is 5. The second-order valence-electron chi connectivity index (χ2n) is 5.51. The van der Waals surface area contributed by atoms with Gasteiger partial charge in [0.1, 0.15) is 0 Å². The van der Waals surface area contributed by atoms with Gasteiger partial charge >= 0.3 is 0 Å². The molecule has 1 aromatic rings. The molecule has 102 valence electrons. The van der Waals surface area contributed by atoms with Crippen LogP contribution in [0.25, 0.3) is 0 Å². The van der Waals surface area contributed by atoms with Gasteiger partial charge in [-0.15, -0.1) is 0 Å². The molecule has 0 bridgehead atoms. The van der Waals surface area contributed by atoms with E-state index in [4.69, 9.17) is 10.3 Å². The minimum atomic E-state index is -3.66. The minimum absolute atomic E-state index is 0.0348. The van der Waals surface area contributed by atoms with Gasteiger partial charge < -0.3 is 10.3 Å². The Kier molecular flexibility index (Phi) is 3.14. The van der Waals surface area contributed by atoms with Crippen LogP contribution < -0.4 is 10.5 Å². The van der Waals surface area contributed by atoms with E-state index in [1.807, 2.05) is 0 Å². The highest BCUT2D eigenvalue weighted by molar-refractivity contribution is 7.89. The van der Waals surface area contributed by atoms with Crippen LogP contribution in [0.2, 0.25) is 0 Å². The predicted molar refractivity (Wildman–Crippen MR) is 67.4 cm³/mol. The number of aromatic nitrogens is 1. The van der Waals surface area contributed by atoms with Gasteiger partial charge in [-0.1, -0.05) is 25.4 Å². The molecule has 1 aliphatic carbocycles. The van der Waals surface area contributed by atoms with Gasteiger partial charge in [0.05, 0.1) is 0 Å². The molecule has 0 radical (unpaired) electrons. The molecule has 1 aromatic heterocycles. The molecule has 3 N–H and O–H groups in total. The summed E-state index contributed by atoms with van der Waals surface area (Å²) < 4.78 is 32.1. The fourth-order valence-corrected chi connectivity index (χ4v) is 4.16. The lowest BCUT2D eigenvalue weighted by molar-refractivity contribution is 0.312. The van der Waals surface area contributed by atoms with Crippen LogP contribution in [-0.2, 0) is 10.0 Å². The number of rotatable bonds is 3. The summed E-state index contributed by atoms with van der Waals surface area (Å²) in [6, 6.07) is -0.0730. The Morgan fingerprint density at radius 3 is 2.61 bits per heavy atom. The summed E-state index contributed by atoms with van der Waals surface area (Å²) in [4.78, 5) is -0.0369. The number of nitrogens with one attached hydrogen (secondary N) is 1. The molecule has 0 aromatic carbocycles. The number of hydrogen-bond donors (Lipinski definition) is 2. The number of anilines is 1. The lowest BCUT2D eigenvalue weighted by Gasteiger charge is -2.27. The Morgan fingerprint density at radius 1 is 1.50 bits per heavy atom. The highest BCUT2D eigenvalue weighted by Crippen LogP contribution is 2.38. The number of nitrogens with two attached hydrogens (primary N) is 1. The largest absolute Gasteiger partial charge is 0.380 e. The van der Waals surface area contributed by atoms with Gasteiger partial charge in [0.25, 0.3) is 0 Å². The summed E-state index contributed by atoms with van der Waals surface area (Å²) in [6.07, 6.45) is 2.88. The summed E-state index contributed by atoms with van der Waals surface area (Å²) in [7, 11) is -3.66. The third-order valence-corrected chi connectivity index (χ3v) is 5.29. The maximum absolute atomic E-state index is 12.3. The van der Waals surface area contributed by atoms with Crippen molar-refractivity contribution in [1.82, 2.24) is 9.88 Å². The van der Waals surface area contributed by atoms with Crippen LogP contribution in [0, 0.1) is 12.3 Å². The zero-order chi connectivity index (χ0) is 13.6. The SMILES string of the molecule is Cc1onc(N)c1S(=O)(=O)NC1CCCC1(C)C. The monoisotopic (exact) mass is 273 g/mol. The van der Waals surface area contributed by atoms with Crippen molar-refractivity contribution < 1.29 is 12.9 Å². The molecular weight excluding hydrogens is 254 g/mol. The van der Waals surface area contributed by atoms with Crippen molar-refractivity contribution >= 4 is 15.8 Å². The van der Waals surface area contributed by atoms with Crippen molar-refractivity contribution in [2.75, 3.05) is 5.73 Å². The Labute approximate surface area is 107 Å². The molecule has 1 unspecified atom stereocenters. The van der Waals surface area contributed by atoms with Crippen molar-refractivity contribution in [3.05, 3.63) is 5.76 Å². The maximum atomic E-state index is 12.3. The fourth-order valence-electron chi connectivity index (χ4n) is 2.50. The third kappa shape index (κ3) is 2.24. The predicted octanol–water partition coefficient (Wildman–Crippen LogP) is 1.42. The highest BCUT2D eigenvalue weighted by atomic mass is 32.2. The van der Waals surface area contributed by atoms with Crippen LogP contribution in [0.15, 0.2) is 9.42 Å². The average Bonchev–Trinajstić information content (AvgIpc) is 2.71. The van der Waals surface area contributed by atoms with Crippen molar-refractivity contribution in [3.8, 4) is 0 Å². The van der Waals surface area contributed by atoms with Gasteiger partial charge in [-0.2, -0.15) is 0 Å². The molecule has 2 rings (SSSR count). The summed E-state index contributed by atoms with van der Waals surface area (Å²) in [5.41, 5.74) is 5.51. The van der Waals surface area contributed by atoms with E-state index in [2.05, 4.69) is 23.7 Å². The second-order valence-corrected chi connectivity index (χ2v) is 7.16. The Bertz CT molecular complexity index is 528. The van der Waals surface area contributed by atoms with E-state index >= 15 is 0 Å². The smallest absolute Gasteiger partial charge is 0.248 e.